The predicted octanol–water partition coefficient (Wildman–Crippen LogP) is 1.89. The van der Waals surface area contributed by atoms with Crippen LogP contribution in [0, 0.1) is 13.8 Å². The van der Waals surface area contributed by atoms with Crippen molar-refractivity contribution >= 4 is 41.7 Å². The molecule has 104 valence electrons. The fourth-order valence-electron chi connectivity index (χ4n) is 1.97. The summed E-state index contributed by atoms with van der Waals surface area (Å²) in [5, 5.41) is 12.1. The molecule has 0 radical (unpaired) electrons. The molecule has 1 N–H and O–H groups in total. The van der Waals surface area contributed by atoms with Crippen LogP contribution in [0.15, 0.2) is 17.1 Å². The molecule has 5 nitrogen and oxygen atoms in total. The van der Waals surface area contributed by atoms with Crippen molar-refractivity contribution in [1.82, 2.24) is 20.3 Å². The van der Waals surface area contributed by atoms with Gasteiger partial charge in [0.2, 0.25) is 0 Å². The van der Waals surface area contributed by atoms with Crippen LogP contribution < -0.4 is 5.32 Å². The first-order valence-corrected chi connectivity index (χ1v) is 5.82. The Morgan fingerprint density at radius 2 is 1.68 bits per heavy atom. The lowest BCUT2D eigenvalue weighted by atomic mass is 10.1. The minimum Gasteiger partial charge on any atom is -0.370 e. The van der Waals surface area contributed by atoms with Gasteiger partial charge in [-0.05, 0) is 37.1 Å². The van der Waals surface area contributed by atoms with Crippen LogP contribution in [0.1, 0.15) is 11.1 Å². The Kier molecular flexibility index (Phi) is 5.14. The maximum Gasteiger partial charge on any atom is 0.120 e. The zero-order valence-corrected chi connectivity index (χ0v) is 12.5. The topological polar surface area (TPSA) is 55.1 Å². The van der Waals surface area contributed by atoms with Crippen LogP contribution in [-0.4, -0.2) is 33.9 Å². The minimum atomic E-state index is 0. The molecule has 1 aromatic carbocycles. The first kappa shape index (κ1) is 15.7. The SMILES string of the molecule is Cc1cc2nn(CC3=NCCN3)nc2cc1C.Cl.Cl. The zero-order valence-electron chi connectivity index (χ0n) is 10.9. The van der Waals surface area contributed by atoms with Crippen molar-refractivity contribution in [2.45, 2.75) is 20.4 Å². The van der Waals surface area contributed by atoms with E-state index in [4.69, 9.17) is 0 Å². The van der Waals surface area contributed by atoms with Gasteiger partial charge in [-0.3, -0.25) is 4.99 Å². The molecule has 1 aromatic heterocycles. The molecule has 0 unspecified atom stereocenters. The summed E-state index contributed by atoms with van der Waals surface area (Å²) < 4.78 is 0. The average Bonchev–Trinajstić information content (AvgIpc) is 2.89. The number of aromatic nitrogens is 3. The van der Waals surface area contributed by atoms with Gasteiger partial charge < -0.3 is 5.32 Å². The van der Waals surface area contributed by atoms with Crippen LogP contribution in [0.25, 0.3) is 11.0 Å². The molecule has 0 aliphatic carbocycles. The maximum absolute atomic E-state index is 4.46. The molecule has 1 aliphatic heterocycles. The summed E-state index contributed by atoms with van der Waals surface area (Å²) in [5.41, 5.74) is 4.40. The molecule has 2 aromatic rings. The van der Waals surface area contributed by atoms with E-state index in [1.165, 1.54) is 11.1 Å². The Morgan fingerprint density at radius 1 is 1.11 bits per heavy atom. The van der Waals surface area contributed by atoms with Crippen molar-refractivity contribution in [3.8, 4) is 0 Å². The van der Waals surface area contributed by atoms with E-state index >= 15 is 0 Å². The largest absolute Gasteiger partial charge is 0.370 e. The van der Waals surface area contributed by atoms with Gasteiger partial charge in [-0.2, -0.15) is 15.0 Å². The number of halogens is 2. The molecule has 0 amide bonds. The van der Waals surface area contributed by atoms with E-state index in [0.29, 0.717) is 6.54 Å². The molecule has 0 bridgehead atoms. The lowest BCUT2D eigenvalue weighted by molar-refractivity contribution is 0.623. The normalized spacial score (nSPS) is 13.5. The molecular formula is C12H17Cl2N5. The molecule has 0 fully saturated rings. The molecule has 7 heteroatoms. The lowest BCUT2D eigenvalue weighted by Crippen LogP contribution is -2.24. The Morgan fingerprint density at radius 3 is 2.16 bits per heavy atom. The zero-order chi connectivity index (χ0) is 11.8. The summed E-state index contributed by atoms with van der Waals surface area (Å²) in [4.78, 5) is 6.05. The maximum atomic E-state index is 4.46. The van der Waals surface area contributed by atoms with E-state index < -0.39 is 0 Å². The third kappa shape index (κ3) is 3.16. The first-order chi connectivity index (χ1) is 8.22. The predicted molar refractivity (Wildman–Crippen MR) is 81.8 cm³/mol. The minimum absolute atomic E-state index is 0. The lowest BCUT2D eigenvalue weighted by Gasteiger charge is -1.99. The smallest absolute Gasteiger partial charge is 0.120 e. The number of hydrogen-bond acceptors (Lipinski definition) is 4. The van der Waals surface area contributed by atoms with Crippen LogP contribution in [0.4, 0.5) is 0 Å². The molecule has 19 heavy (non-hydrogen) atoms. The van der Waals surface area contributed by atoms with Crippen molar-refractivity contribution in [2.75, 3.05) is 13.1 Å². The summed E-state index contributed by atoms with van der Waals surface area (Å²) in [6, 6.07) is 4.16. The van der Waals surface area contributed by atoms with E-state index in [-0.39, 0.29) is 24.8 Å². The quantitative estimate of drug-likeness (QED) is 0.922. The van der Waals surface area contributed by atoms with Gasteiger partial charge in [0.05, 0.1) is 6.54 Å². The highest BCUT2D eigenvalue weighted by molar-refractivity contribution is 5.85. The summed E-state index contributed by atoms with van der Waals surface area (Å²) in [5.74, 6) is 0.971. The summed E-state index contributed by atoms with van der Waals surface area (Å²) in [7, 11) is 0. The molecule has 3 rings (SSSR count). The standard InChI is InChI=1S/C12H15N5.2ClH/c1-8-5-10-11(6-9(8)2)16-17(15-10)7-12-13-3-4-14-12;;/h5-6H,3-4,7H2,1-2H3,(H,13,14);2*1H. The number of fused-ring (bicyclic) bond motifs is 1. The van der Waals surface area contributed by atoms with Crippen molar-refractivity contribution in [3.63, 3.8) is 0 Å². The molecule has 0 atom stereocenters. The number of nitrogens with zero attached hydrogens (tertiary/aromatic N) is 4. The molecule has 1 aliphatic rings. The third-order valence-corrected chi connectivity index (χ3v) is 3.07. The number of aliphatic imine (C=N–C) groups is 1. The number of rotatable bonds is 2. The van der Waals surface area contributed by atoms with Gasteiger partial charge in [-0.1, -0.05) is 0 Å². The van der Waals surface area contributed by atoms with Crippen molar-refractivity contribution in [1.29, 1.82) is 0 Å². The van der Waals surface area contributed by atoms with Gasteiger partial charge in [-0.25, -0.2) is 0 Å². The van der Waals surface area contributed by atoms with Crippen LogP contribution >= 0.6 is 24.8 Å². The van der Waals surface area contributed by atoms with Crippen molar-refractivity contribution < 1.29 is 0 Å². The molecule has 0 spiro atoms. The second-order valence-corrected chi connectivity index (χ2v) is 4.41. The van der Waals surface area contributed by atoms with E-state index in [2.05, 4.69) is 46.5 Å². The summed E-state index contributed by atoms with van der Waals surface area (Å²) in [6.45, 7) is 6.60. The van der Waals surface area contributed by atoms with Crippen LogP contribution in [0.2, 0.25) is 0 Å². The fourth-order valence-corrected chi connectivity index (χ4v) is 1.97. The number of hydrogen-bond donors (Lipinski definition) is 1. The van der Waals surface area contributed by atoms with Gasteiger partial charge in [-0.15, -0.1) is 24.8 Å². The molecular weight excluding hydrogens is 285 g/mol. The van der Waals surface area contributed by atoms with E-state index in [9.17, 15) is 0 Å². The highest BCUT2D eigenvalue weighted by Crippen LogP contribution is 2.15. The van der Waals surface area contributed by atoms with Gasteiger partial charge in [0.15, 0.2) is 0 Å². The highest BCUT2D eigenvalue weighted by atomic mass is 35.5. The number of aryl methyl sites for hydroxylation is 2. The Labute approximate surface area is 124 Å². The molecule has 0 saturated carbocycles. The van der Waals surface area contributed by atoms with E-state index in [1.54, 1.807) is 4.80 Å². The average molecular weight is 302 g/mol. The highest BCUT2D eigenvalue weighted by Gasteiger charge is 2.09. The number of nitrogens with one attached hydrogen (secondary N) is 1. The van der Waals surface area contributed by atoms with Gasteiger partial charge in [0.25, 0.3) is 0 Å². The van der Waals surface area contributed by atoms with Crippen molar-refractivity contribution in [3.05, 3.63) is 23.3 Å². The second-order valence-electron chi connectivity index (χ2n) is 4.41. The van der Waals surface area contributed by atoms with Crippen LogP contribution in [0.5, 0.6) is 0 Å². The Bertz CT molecular complexity index is 566. The van der Waals surface area contributed by atoms with Crippen LogP contribution in [0.3, 0.4) is 0 Å². The first-order valence-electron chi connectivity index (χ1n) is 5.82. The summed E-state index contributed by atoms with van der Waals surface area (Å²) >= 11 is 0. The number of benzene rings is 1. The van der Waals surface area contributed by atoms with Gasteiger partial charge >= 0.3 is 0 Å². The second kappa shape index (κ2) is 6.21. The van der Waals surface area contributed by atoms with Crippen LogP contribution in [-0.2, 0) is 6.54 Å². The van der Waals surface area contributed by atoms with E-state index in [0.717, 1.165) is 30.0 Å². The molecule has 0 saturated heterocycles. The fraction of sp³-hybridized carbons (Fsp3) is 0.417. The van der Waals surface area contributed by atoms with Crippen molar-refractivity contribution in [2.24, 2.45) is 4.99 Å². The Hall–Kier alpha value is -1.33. The van der Waals surface area contributed by atoms with Gasteiger partial charge in [0.1, 0.15) is 23.4 Å². The number of amidine groups is 1. The molecule has 2 heterocycles. The Balaban J connectivity index is 0.000000902. The van der Waals surface area contributed by atoms with E-state index in [1.807, 2.05) is 0 Å². The monoisotopic (exact) mass is 301 g/mol. The third-order valence-electron chi connectivity index (χ3n) is 3.07. The van der Waals surface area contributed by atoms with Gasteiger partial charge in [0, 0.05) is 6.54 Å². The summed E-state index contributed by atoms with van der Waals surface area (Å²) in [6.07, 6.45) is 0.